The molecule has 0 saturated carbocycles. The van der Waals surface area contributed by atoms with Gasteiger partial charge in [0.25, 0.3) is 0 Å². The maximum absolute atomic E-state index is 5.35. The fourth-order valence-electron chi connectivity index (χ4n) is 0.493. The summed E-state index contributed by atoms with van der Waals surface area (Å²) in [6, 6.07) is 0. The van der Waals surface area contributed by atoms with Gasteiger partial charge in [0.15, 0.2) is 0 Å². The number of rotatable bonds is 0. The molecule has 0 spiro atoms. The number of nitrogens with two attached hydrogens (primary N) is 1. The second kappa shape index (κ2) is 1.92. The van der Waals surface area contributed by atoms with Crippen LogP contribution in [0.1, 0.15) is 6.92 Å². The molecule has 0 fully saturated rings. The maximum atomic E-state index is 5.35. The first-order valence-electron chi connectivity index (χ1n) is 2.38. The van der Waals surface area contributed by atoms with Crippen molar-refractivity contribution in [3.63, 3.8) is 0 Å². The summed E-state index contributed by atoms with van der Waals surface area (Å²) in [5.41, 5.74) is 8.00. The van der Waals surface area contributed by atoms with E-state index in [1.165, 1.54) is 0 Å². The van der Waals surface area contributed by atoms with Crippen LogP contribution in [-0.2, 0) is 0 Å². The average molecular weight is 112 g/mol. The van der Waals surface area contributed by atoms with Gasteiger partial charge in [0, 0.05) is 0 Å². The Balaban J connectivity index is 2.60. The Bertz CT molecular complexity index is 137. The zero-order chi connectivity index (χ0) is 5.98. The topological polar surface area (TPSA) is 62.8 Å². The van der Waals surface area contributed by atoms with E-state index >= 15 is 0 Å². The summed E-state index contributed by atoms with van der Waals surface area (Å²) in [6.07, 6.45) is 1.30. The normalized spacial score (nSPS) is 26.8. The van der Waals surface area contributed by atoms with E-state index < -0.39 is 0 Å². The van der Waals surface area contributed by atoms with Crippen LogP contribution >= 0.6 is 0 Å². The van der Waals surface area contributed by atoms with Gasteiger partial charge in [-0.3, -0.25) is 5.43 Å². The summed E-state index contributed by atoms with van der Waals surface area (Å²) in [5.74, 6) is 0.764. The van der Waals surface area contributed by atoms with Crippen molar-refractivity contribution in [1.82, 2.24) is 5.43 Å². The molecule has 1 aliphatic rings. The fraction of sp³-hybridized carbons (Fsp3) is 0.500. The Hall–Kier alpha value is -0.900. The van der Waals surface area contributed by atoms with Crippen LogP contribution in [-0.4, -0.2) is 18.2 Å². The molecule has 0 aromatic carbocycles. The quantitative estimate of drug-likeness (QED) is 0.434. The number of aliphatic imine (C=N–C) groups is 1. The lowest BCUT2D eigenvalue weighted by Gasteiger charge is -2.07. The standard InChI is InChI=1S/C4H8N4/c1-3-7-4(5)2-6-8-3/h2,4H,5H2,1H3,(H,7,8). The predicted octanol–water partition coefficient (Wildman–Crippen LogP) is -0.721. The summed E-state index contributed by atoms with van der Waals surface area (Å²) in [6.45, 7) is 1.82. The van der Waals surface area contributed by atoms with E-state index in [0.717, 1.165) is 5.84 Å². The zero-order valence-corrected chi connectivity index (χ0v) is 4.63. The van der Waals surface area contributed by atoms with Crippen LogP contribution in [0, 0.1) is 0 Å². The van der Waals surface area contributed by atoms with Crippen molar-refractivity contribution in [3.05, 3.63) is 0 Å². The smallest absolute Gasteiger partial charge is 0.137 e. The van der Waals surface area contributed by atoms with Gasteiger partial charge in [-0.05, 0) is 6.92 Å². The first kappa shape index (κ1) is 5.24. The van der Waals surface area contributed by atoms with Gasteiger partial charge < -0.3 is 5.73 Å². The molecule has 1 heterocycles. The SMILES string of the molecule is CC1=NC(N)C=NN1. The van der Waals surface area contributed by atoms with Gasteiger partial charge in [-0.1, -0.05) is 0 Å². The molecule has 0 radical (unpaired) electrons. The van der Waals surface area contributed by atoms with Gasteiger partial charge in [-0.25, -0.2) is 4.99 Å². The number of hydrogen-bond acceptors (Lipinski definition) is 4. The maximum Gasteiger partial charge on any atom is 0.137 e. The van der Waals surface area contributed by atoms with E-state index in [9.17, 15) is 0 Å². The third-order valence-electron chi connectivity index (χ3n) is 0.796. The number of hydrazone groups is 1. The van der Waals surface area contributed by atoms with Crippen molar-refractivity contribution < 1.29 is 0 Å². The Morgan fingerprint density at radius 3 is 3.00 bits per heavy atom. The summed E-state index contributed by atoms with van der Waals surface area (Å²) < 4.78 is 0. The van der Waals surface area contributed by atoms with Crippen LogP contribution in [0.3, 0.4) is 0 Å². The van der Waals surface area contributed by atoms with Crippen molar-refractivity contribution in [3.8, 4) is 0 Å². The van der Waals surface area contributed by atoms with E-state index in [1.54, 1.807) is 6.21 Å². The van der Waals surface area contributed by atoms with Crippen LogP contribution in [0.15, 0.2) is 10.1 Å². The van der Waals surface area contributed by atoms with E-state index in [-0.39, 0.29) is 6.17 Å². The molecule has 1 unspecified atom stereocenters. The van der Waals surface area contributed by atoms with Gasteiger partial charge in [0.05, 0.1) is 6.21 Å². The molecule has 1 atom stereocenters. The molecule has 0 aromatic rings. The second-order valence-electron chi connectivity index (χ2n) is 1.60. The molecular formula is C4H8N4. The lowest BCUT2D eigenvalue weighted by molar-refractivity contribution is 0.856. The second-order valence-corrected chi connectivity index (χ2v) is 1.60. The largest absolute Gasteiger partial charge is 0.305 e. The highest BCUT2D eigenvalue weighted by atomic mass is 15.3. The molecule has 4 heteroatoms. The predicted molar refractivity (Wildman–Crippen MR) is 32.7 cm³/mol. The third-order valence-corrected chi connectivity index (χ3v) is 0.796. The van der Waals surface area contributed by atoms with Crippen LogP contribution in [0.25, 0.3) is 0 Å². The molecular weight excluding hydrogens is 104 g/mol. The molecule has 44 valence electrons. The minimum absolute atomic E-state index is 0.253. The highest BCUT2D eigenvalue weighted by Gasteiger charge is 1.98. The van der Waals surface area contributed by atoms with Crippen LogP contribution in [0.2, 0.25) is 0 Å². The number of nitrogens with one attached hydrogen (secondary N) is 1. The van der Waals surface area contributed by atoms with Gasteiger partial charge in [-0.15, -0.1) is 0 Å². The van der Waals surface area contributed by atoms with Crippen molar-refractivity contribution in [2.45, 2.75) is 13.1 Å². The van der Waals surface area contributed by atoms with E-state index in [4.69, 9.17) is 5.73 Å². The molecule has 0 amide bonds. The van der Waals surface area contributed by atoms with Gasteiger partial charge in [0.1, 0.15) is 12.0 Å². The Morgan fingerprint density at radius 1 is 1.88 bits per heavy atom. The monoisotopic (exact) mass is 112 g/mol. The molecule has 0 aromatic heterocycles. The van der Waals surface area contributed by atoms with Crippen molar-refractivity contribution in [2.24, 2.45) is 15.8 Å². The van der Waals surface area contributed by atoms with E-state index in [2.05, 4.69) is 15.5 Å². The molecule has 0 saturated heterocycles. The molecule has 4 nitrogen and oxygen atoms in total. The summed E-state index contributed by atoms with van der Waals surface area (Å²) >= 11 is 0. The molecule has 1 aliphatic heterocycles. The third kappa shape index (κ3) is 1.04. The minimum atomic E-state index is -0.253. The van der Waals surface area contributed by atoms with Crippen molar-refractivity contribution >= 4 is 12.1 Å². The Kier molecular flexibility index (Phi) is 1.26. The fourth-order valence-corrected chi connectivity index (χ4v) is 0.493. The molecule has 0 bridgehead atoms. The summed E-state index contributed by atoms with van der Waals surface area (Å²) in [4.78, 5) is 3.92. The first-order chi connectivity index (χ1) is 3.79. The van der Waals surface area contributed by atoms with Crippen molar-refractivity contribution in [1.29, 1.82) is 0 Å². The Labute approximate surface area is 47.5 Å². The molecule has 3 N–H and O–H groups in total. The van der Waals surface area contributed by atoms with Gasteiger partial charge >= 0.3 is 0 Å². The van der Waals surface area contributed by atoms with Gasteiger partial charge in [-0.2, -0.15) is 5.10 Å². The number of amidine groups is 1. The van der Waals surface area contributed by atoms with E-state index in [0.29, 0.717) is 0 Å². The zero-order valence-electron chi connectivity index (χ0n) is 4.63. The first-order valence-corrected chi connectivity index (χ1v) is 2.38. The van der Waals surface area contributed by atoms with E-state index in [1.807, 2.05) is 6.92 Å². The van der Waals surface area contributed by atoms with Crippen molar-refractivity contribution in [2.75, 3.05) is 0 Å². The highest BCUT2D eigenvalue weighted by molar-refractivity contribution is 5.84. The van der Waals surface area contributed by atoms with Crippen LogP contribution in [0.5, 0.6) is 0 Å². The summed E-state index contributed by atoms with van der Waals surface area (Å²) in [5, 5.41) is 3.71. The lowest BCUT2D eigenvalue weighted by Crippen LogP contribution is -2.30. The Morgan fingerprint density at radius 2 is 2.62 bits per heavy atom. The highest BCUT2D eigenvalue weighted by Crippen LogP contribution is 1.83. The summed E-state index contributed by atoms with van der Waals surface area (Å²) in [7, 11) is 0. The van der Waals surface area contributed by atoms with Crippen LogP contribution in [0.4, 0.5) is 0 Å². The average Bonchev–Trinajstić information content (AvgIpc) is 1.64. The molecule has 8 heavy (non-hydrogen) atoms. The minimum Gasteiger partial charge on any atom is -0.305 e. The van der Waals surface area contributed by atoms with Crippen LogP contribution < -0.4 is 11.2 Å². The molecule has 0 aliphatic carbocycles. The number of nitrogens with zero attached hydrogens (tertiary/aromatic N) is 2. The molecule has 1 rings (SSSR count). The lowest BCUT2D eigenvalue weighted by atomic mass is 10.5. The van der Waals surface area contributed by atoms with Gasteiger partial charge in [0.2, 0.25) is 0 Å². The number of hydrogen-bond donors (Lipinski definition) is 2.